The summed E-state index contributed by atoms with van der Waals surface area (Å²) in [4.78, 5) is 18.8. The SMILES string of the molecule is CC(C)(C)OC(=O)N1CCC(Oc2nc3ccccc3n2Cc2c(Cl)cccc2Cl)CC1. The number of piperidine rings is 1. The van der Waals surface area contributed by atoms with Crippen molar-refractivity contribution in [2.24, 2.45) is 0 Å². The maximum absolute atomic E-state index is 12.3. The molecule has 1 aliphatic rings. The molecular weight excluding hydrogens is 449 g/mol. The zero-order chi connectivity index (χ0) is 22.9. The predicted octanol–water partition coefficient (Wildman–Crippen LogP) is 6.17. The van der Waals surface area contributed by atoms with Crippen molar-refractivity contribution in [1.82, 2.24) is 14.5 Å². The van der Waals surface area contributed by atoms with Crippen LogP contribution in [0.1, 0.15) is 39.2 Å². The Balaban J connectivity index is 1.52. The van der Waals surface area contributed by atoms with Crippen molar-refractivity contribution in [3.05, 3.63) is 58.1 Å². The Morgan fingerprint density at radius 1 is 1.06 bits per heavy atom. The molecule has 0 N–H and O–H groups in total. The number of fused-ring (bicyclic) bond motifs is 1. The van der Waals surface area contributed by atoms with Crippen LogP contribution in [0.5, 0.6) is 6.01 Å². The molecule has 8 heteroatoms. The third-order valence-electron chi connectivity index (χ3n) is 5.36. The van der Waals surface area contributed by atoms with Gasteiger partial charge in [-0.15, -0.1) is 0 Å². The lowest BCUT2D eigenvalue weighted by Gasteiger charge is -2.33. The monoisotopic (exact) mass is 475 g/mol. The smallest absolute Gasteiger partial charge is 0.410 e. The number of carbonyl (C=O) groups is 1. The number of halogens is 2. The Hall–Kier alpha value is -2.44. The molecule has 2 aromatic carbocycles. The highest BCUT2D eigenvalue weighted by Gasteiger charge is 2.28. The number of ether oxygens (including phenoxy) is 2. The third-order valence-corrected chi connectivity index (χ3v) is 6.07. The van der Waals surface area contributed by atoms with Gasteiger partial charge < -0.3 is 14.4 Å². The van der Waals surface area contributed by atoms with Crippen molar-refractivity contribution in [3.8, 4) is 6.01 Å². The number of carbonyl (C=O) groups excluding carboxylic acids is 1. The van der Waals surface area contributed by atoms with Crippen LogP contribution in [0.25, 0.3) is 11.0 Å². The molecule has 4 rings (SSSR count). The van der Waals surface area contributed by atoms with E-state index in [2.05, 4.69) is 0 Å². The largest absolute Gasteiger partial charge is 0.461 e. The molecule has 0 unspecified atom stereocenters. The van der Waals surface area contributed by atoms with E-state index >= 15 is 0 Å². The van der Waals surface area contributed by atoms with Crippen LogP contribution in [0.4, 0.5) is 4.79 Å². The fourth-order valence-electron chi connectivity index (χ4n) is 3.77. The van der Waals surface area contributed by atoms with Crippen LogP contribution in [0.2, 0.25) is 10.0 Å². The molecule has 0 bridgehead atoms. The van der Waals surface area contributed by atoms with Gasteiger partial charge in [0.2, 0.25) is 0 Å². The summed E-state index contributed by atoms with van der Waals surface area (Å²) in [6.07, 6.45) is 1.08. The minimum Gasteiger partial charge on any atom is -0.461 e. The Morgan fingerprint density at radius 2 is 1.72 bits per heavy atom. The molecule has 0 radical (unpaired) electrons. The zero-order valence-electron chi connectivity index (χ0n) is 18.5. The first kappa shape index (κ1) is 22.7. The standard InChI is InChI=1S/C24H27Cl2N3O3/c1-24(2,3)32-23(30)28-13-11-16(12-14-28)31-22-27-20-9-4-5-10-21(20)29(22)15-17-18(25)7-6-8-19(17)26/h4-10,16H,11-15H2,1-3H3. The van der Waals surface area contributed by atoms with E-state index in [1.54, 1.807) is 4.90 Å². The van der Waals surface area contributed by atoms with Crippen LogP contribution < -0.4 is 4.74 Å². The second-order valence-electron chi connectivity index (χ2n) is 8.95. The average molecular weight is 476 g/mol. The first-order valence-electron chi connectivity index (χ1n) is 10.7. The summed E-state index contributed by atoms with van der Waals surface area (Å²) in [6.45, 7) is 7.22. The minimum absolute atomic E-state index is 0.0500. The van der Waals surface area contributed by atoms with Crippen LogP contribution in [0, 0.1) is 0 Å². The number of para-hydroxylation sites is 2. The van der Waals surface area contributed by atoms with Gasteiger partial charge in [-0.25, -0.2) is 4.79 Å². The van der Waals surface area contributed by atoms with Gasteiger partial charge in [-0.1, -0.05) is 41.4 Å². The maximum Gasteiger partial charge on any atom is 0.410 e. The number of hydrogen-bond acceptors (Lipinski definition) is 4. The molecule has 0 spiro atoms. The lowest BCUT2D eigenvalue weighted by Crippen LogP contribution is -2.44. The molecule has 3 aromatic rings. The summed E-state index contributed by atoms with van der Waals surface area (Å²) in [5.74, 6) is 0. The highest BCUT2D eigenvalue weighted by atomic mass is 35.5. The number of rotatable bonds is 4. The maximum atomic E-state index is 12.3. The minimum atomic E-state index is -0.505. The lowest BCUT2D eigenvalue weighted by atomic mass is 10.1. The molecule has 6 nitrogen and oxygen atoms in total. The molecule has 170 valence electrons. The van der Waals surface area contributed by atoms with E-state index in [1.165, 1.54) is 0 Å². The van der Waals surface area contributed by atoms with E-state index in [-0.39, 0.29) is 12.2 Å². The molecule has 1 amide bonds. The topological polar surface area (TPSA) is 56.6 Å². The zero-order valence-corrected chi connectivity index (χ0v) is 20.0. The van der Waals surface area contributed by atoms with Crippen molar-refractivity contribution < 1.29 is 14.3 Å². The van der Waals surface area contributed by atoms with E-state index in [0.29, 0.717) is 48.5 Å². The van der Waals surface area contributed by atoms with Gasteiger partial charge in [0.25, 0.3) is 6.01 Å². The summed E-state index contributed by atoms with van der Waals surface area (Å²) >= 11 is 12.8. The van der Waals surface area contributed by atoms with Crippen molar-refractivity contribution in [2.75, 3.05) is 13.1 Å². The molecule has 0 aliphatic carbocycles. The summed E-state index contributed by atoms with van der Waals surface area (Å²) in [5, 5.41) is 1.21. The van der Waals surface area contributed by atoms with Gasteiger partial charge >= 0.3 is 6.09 Å². The van der Waals surface area contributed by atoms with Crippen molar-refractivity contribution in [2.45, 2.75) is 51.9 Å². The van der Waals surface area contributed by atoms with E-state index in [9.17, 15) is 4.79 Å². The van der Waals surface area contributed by atoms with Crippen molar-refractivity contribution >= 4 is 40.3 Å². The molecule has 0 saturated carbocycles. The number of nitrogens with zero attached hydrogens (tertiary/aromatic N) is 3. The molecule has 0 atom stereocenters. The Kier molecular flexibility index (Phi) is 6.54. The van der Waals surface area contributed by atoms with Crippen molar-refractivity contribution in [1.29, 1.82) is 0 Å². The number of hydrogen-bond donors (Lipinski definition) is 0. The van der Waals surface area contributed by atoms with Gasteiger partial charge in [-0.3, -0.25) is 4.57 Å². The molecule has 1 saturated heterocycles. The number of amides is 1. The second kappa shape index (κ2) is 9.20. The van der Waals surface area contributed by atoms with Gasteiger partial charge in [0, 0.05) is 41.5 Å². The van der Waals surface area contributed by atoms with Gasteiger partial charge in [-0.2, -0.15) is 4.98 Å². The number of likely N-dealkylation sites (tertiary alicyclic amines) is 1. The summed E-state index contributed by atoms with van der Waals surface area (Å²) in [7, 11) is 0. The van der Waals surface area contributed by atoms with Crippen LogP contribution in [0.3, 0.4) is 0 Å². The summed E-state index contributed by atoms with van der Waals surface area (Å²) in [6, 6.07) is 13.9. The third kappa shape index (κ3) is 5.13. The van der Waals surface area contributed by atoms with E-state index in [1.807, 2.05) is 67.8 Å². The highest BCUT2D eigenvalue weighted by molar-refractivity contribution is 6.36. The van der Waals surface area contributed by atoms with Crippen LogP contribution in [-0.2, 0) is 11.3 Å². The molecule has 32 heavy (non-hydrogen) atoms. The van der Waals surface area contributed by atoms with Crippen LogP contribution in [-0.4, -0.2) is 45.3 Å². The quantitative estimate of drug-likeness (QED) is 0.452. The molecular formula is C24H27Cl2N3O3. The fourth-order valence-corrected chi connectivity index (χ4v) is 4.29. The molecule has 1 aromatic heterocycles. The normalized spacial score (nSPS) is 15.2. The first-order chi connectivity index (χ1) is 15.2. The number of aromatic nitrogens is 2. The summed E-state index contributed by atoms with van der Waals surface area (Å²) in [5.41, 5.74) is 2.11. The molecule has 2 heterocycles. The van der Waals surface area contributed by atoms with Gasteiger partial charge in [0.1, 0.15) is 11.7 Å². The van der Waals surface area contributed by atoms with Crippen LogP contribution in [0.15, 0.2) is 42.5 Å². The van der Waals surface area contributed by atoms with Gasteiger partial charge in [0.05, 0.1) is 17.6 Å². The Labute approximate surface area is 198 Å². The van der Waals surface area contributed by atoms with E-state index < -0.39 is 5.60 Å². The van der Waals surface area contributed by atoms with Gasteiger partial charge in [-0.05, 0) is 45.0 Å². The Morgan fingerprint density at radius 3 is 2.38 bits per heavy atom. The number of imidazole rings is 1. The van der Waals surface area contributed by atoms with Gasteiger partial charge in [0.15, 0.2) is 0 Å². The van der Waals surface area contributed by atoms with Crippen molar-refractivity contribution in [3.63, 3.8) is 0 Å². The van der Waals surface area contributed by atoms with Crippen LogP contribution >= 0.6 is 23.2 Å². The van der Waals surface area contributed by atoms with E-state index in [4.69, 9.17) is 37.7 Å². The predicted molar refractivity (Wildman–Crippen MR) is 127 cm³/mol. The average Bonchev–Trinajstić information content (AvgIpc) is 3.07. The molecule has 1 aliphatic heterocycles. The lowest BCUT2D eigenvalue weighted by molar-refractivity contribution is 0.0116. The molecule has 1 fully saturated rings. The summed E-state index contributed by atoms with van der Waals surface area (Å²) < 4.78 is 13.8. The van der Waals surface area contributed by atoms with E-state index in [0.717, 1.165) is 16.6 Å². The Bertz CT molecular complexity index is 1100. The fraction of sp³-hybridized carbons (Fsp3) is 0.417. The number of benzene rings is 2. The highest BCUT2D eigenvalue weighted by Crippen LogP contribution is 2.30. The second-order valence-corrected chi connectivity index (χ2v) is 9.77. The first-order valence-corrected chi connectivity index (χ1v) is 11.5.